The Balaban J connectivity index is 0.000000369. The molecule has 10 nitrogen and oxygen atoms in total. The Morgan fingerprint density at radius 3 is 2.21 bits per heavy atom. The second-order valence-electron chi connectivity index (χ2n) is 11.7. The normalized spacial score (nSPS) is 13.7. The molecule has 0 bridgehead atoms. The minimum atomic E-state index is -4.56. The molecule has 3 N–H and O–H groups in total. The maximum atomic E-state index is 13.0. The van der Waals surface area contributed by atoms with Crippen molar-refractivity contribution in [2.75, 3.05) is 18.5 Å². The van der Waals surface area contributed by atoms with Crippen molar-refractivity contribution in [3.8, 4) is 5.75 Å². The Kier molecular flexibility index (Phi) is 15.7. The van der Waals surface area contributed by atoms with Gasteiger partial charge in [-0.1, -0.05) is 69.4 Å². The molecule has 0 spiro atoms. The van der Waals surface area contributed by atoms with Crippen LogP contribution in [0.25, 0.3) is 10.9 Å². The number of aliphatic hydroxyl groups is 1. The van der Waals surface area contributed by atoms with Gasteiger partial charge in [0.2, 0.25) is 0 Å². The summed E-state index contributed by atoms with van der Waals surface area (Å²) in [6, 6.07) is 6.45. The van der Waals surface area contributed by atoms with Gasteiger partial charge in [-0.3, -0.25) is 9.78 Å². The number of esters is 2. The largest absolute Gasteiger partial charge is 0.506 e. The quantitative estimate of drug-likeness (QED) is 0.0854. The number of alkyl halides is 3. The summed E-state index contributed by atoms with van der Waals surface area (Å²) in [6.45, 7) is 20.5. The van der Waals surface area contributed by atoms with Gasteiger partial charge < -0.3 is 29.6 Å². The molecular formula is C39H46F3N3O7. The molecular weight excluding hydrogens is 679 g/mol. The molecule has 0 fully saturated rings. The van der Waals surface area contributed by atoms with E-state index in [0.29, 0.717) is 27.9 Å². The SMILES string of the molecule is C=C/C=C\C(=C(C)C)/C(O)=C(\C(=C)C)C(=O)OCC.CCC.CCOC(=O)c1c(O)c2cccc3c2n(c1=O)CC(c1ccc(C(F)(F)F)nc1)N3. The van der Waals surface area contributed by atoms with Gasteiger partial charge in [-0.15, -0.1) is 0 Å². The van der Waals surface area contributed by atoms with E-state index < -0.39 is 46.7 Å². The fourth-order valence-corrected chi connectivity index (χ4v) is 5.02. The Bertz CT molecular complexity index is 1940. The lowest BCUT2D eigenvalue weighted by Gasteiger charge is -2.29. The van der Waals surface area contributed by atoms with Crippen molar-refractivity contribution in [1.82, 2.24) is 9.55 Å². The molecule has 0 amide bonds. The summed E-state index contributed by atoms with van der Waals surface area (Å²) in [5, 5.41) is 24.3. The number of pyridine rings is 2. The number of para-hydroxylation sites is 1. The third-order valence-corrected chi connectivity index (χ3v) is 7.25. The summed E-state index contributed by atoms with van der Waals surface area (Å²) in [6.07, 6.45) is 2.78. The summed E-state index contributed by atoms with van der Waals surface area (Å²) in [7, 11) is 0. The smallest absolute Gasteiger partial charge is 0.433 e. The molecule has 0 radical (unpaired) electrons. The lowest BCUT2D eigenvalue weighted by molar-refractivity contribution is -0.141. The number of aliphatic hydroxyl groups excluding tert-OH is 1. The molecule has 0 aliphatic carbocycles. The average Bonchev–Trinajstić information content (AvgIpc) is 3.07. The molecule has 0 saturated carbocycles. The maximum Gasteiger partial charge on any atom is 0.433 e. The number of hydrogen-bond acceptors (Lipinski definition) is 9. The molecule has 13 heteroatoms. The van der Waals surface area contributed by atoms with E-state index in [1.165, 1.54) is 17.1 Å². The third-order valence-electron chi connectivity index (χ3n) is 7.25. The van der Waals surface area contributed by atoms with Gasteiger partial charge in [-0.05, 0) is 64.0 Å². The molecule has 1 aliphatic rings. The van der Waals surface area contributed by atoms with Gasteiger partial charge in [0.15, 0.2) is 5.56 Å². The third kappa shape index (κ3) is 10.2. The number of allylic oxidation sites excluding steroid dienone is 4. The number of nitrogens with one attached hydrogen (secondary N) is 1. The van der Waals surface area contributed by atoms with Crippen molar-refractivity contribution < 1.29 is 42.4 Å². The number of aromatic hydroxyl groups is 1. The van der Waals surface area contributed by atoms with Crippen LogP contribution in [0.5, 0.6) is 5.75 Å². The maximum absolute atomic E-state index is 13.0. The lowest BCUT2D eigenvalue weighted by Crippen LogP contribution is -2.34. The van der Waals surface area contributed by atoms with Crippen LogP contribution in [-0.2, 0) is 27.0 Å². The number of benzene rings is 1. The van der Waals surface area contributed by atoms with Crippen molar-refractivity contribution in [1.29, 1.82) is 0 Å². The fourth-order valence-electron chi connectivity index (χ4n) is 5.02. The summed E-state index contributed by atoms with van der Waals surface area (Å²) in [4.78, 5) is 40.6. The van der Waals surface area contributed by atoms with Gasteiger partial charge >= 0.3 is 18.1 Å². The second-order valence-corrected chi connectivity index (χ2v) is 11.7. The van der Waals surface area contributed by atoms with E-state index in [4.69, 9.17) is 9.47 Å². The number of nitrogens with zero attached hydrogens (tertiary/aromatic N) is 2. The van der Waals surface area contributed by atoms with E-state index >= 15 is 0 Å². The Labute approximate surface area is 301 Å². The van der Waals surface area contributed by atoms with E-state index in [2.05, 4.69) is 37.3 Å². The van der Waals surface area contributed by atoms with E-state index in [0.717, 1.165) is 17.8 Å². The van der Waals surface area contributed by atoms with Crippen LogP contribution in [0.4, 0.5) is 18.9 Å². The van der Waals surface area contributed by atoms with Crippen molar-refractivity contribution in [3.63, 3.8) is 0 Å². The highest BCUT2D eigenvalue weighted by atomic mass is 19.4. The summed E-state index contributed by atoms with van der Waals surface area (Å²) in [5.74, 6) is -2.10. The zero-order chi connectivity index (χ0) is 39.3. The van der Waals surface area contributed by atoms with Gasteiger partial charge in [0.1, 0.15) is 22.8 Å². The van der Waals surface area contributed by atoms with Crippen LogP contribution in [0.3, 0.4) is 0 Å². The number of aromatic nitrogens is 2. The van der Waals surface area contributed by atoms with E-state index in [-0.39, 0.29) is 36.5 Å². The number of rotatable bonds is 9. The van der Waals surface area contributed by atoms with Crippen LogP contribution in [0, 0.1) is 0 Å². The molecule has 1 unspecified atom stereocenters. The van der Waals surface area contributed by atoms with Crippen molar-refractivity contribution in [3.05, 3.63) is 123 Å². The van der Waals surface area contributed by atoms with Crippen LogP contribution >= 0.6 is 0 Å². The molecule has 3 aromatic rings. The topological polar surface area (TPSA) is 140 Å². The predicted octanol–water partition coefficient (Wildman–Crippen LogP) is 8.90. The second kappa shape index (κ2) is 19.1. The number of anilines is 1. The zero-order valence-electron chi connectivity index (χ0n) is 30.5. The monoisotopic (exact) mass is 725 g/mol. The number of carbonyl (C=O) groups excluding carboxylic acids is 2. The molecule has 1 aliphatic heterocycles. The summed E-state index contributed by atoms with van der Waals surface area (Å²) < 4.78 is 49.5. The first kappa shape index (κ1) is 42.6. The van der Waals surface area contributed by atoms with Crippen molar-refractivity contribution in [2.45, 2.75) is 73.6 Å². The number of halogens is 3. The first-order valence-corrected chi connectivity index (χ1v) is 16.6. The Hall–Kier alpha value is -5.59. The fraction of sp³-hybridized carbons (Fsp3) is 0.333. The Morgan fingerprint density at radius 2 is 1.71 bits per heavy atom. The highest BCUT2D eigenvalue weighted by Gasteiger charge is 2.33. The van der Waals surface area contributed by atoms with Gasteiger partial charge in [-0.2, -0.15) is 13.2 Å². The molecule has 2 aromatic heterocycles. The molecule has 3 heterocycles. The molecule has 52 heavy (non-hydrogen) atoms. The average molecular weight is 726 g/mol. The Morgan fingerprint density at radius 1 is 1.08 bits per heavy atom. The van der Waals surface area contributed by atoms with Gasteiger partial charge in [0, 0.05) is 17.2 Å². The standard InChI is InChI=1S/C20H16F3N3O4.C16H22O3.C3H8/c1-2-30-19(29)15-17(27)11-4-3-5-12-16(11)26(18(15)28)9-13(25-12)10-6-7-14(24-8-10)20(21,22)23;1-7-9-10-13(11(3)4)15(17)14(12(5)6)16(18)19-8-2;1-3-2/h3-8,13,25,27H,2,9H2,1H3;7,9-10,17H,1,5,8H2,2-4,6H3;3H2,1-2H3/b;10-9-,15-14-;. The van der Waals surface area contributed by atoms with Crippen LogP contribution in [0.15, 0.2) is 101 Å². The minimum Gasteiger partial charge on any atom is -0.506 e. The van der Waals surface area contributed by atoms with Crippen LogP contribution in [0.2, 0.25) is 0 Å². The number of ether oxygens (including phenoxy) is 2. The molecule has 1 aromatic carbocycles. The van der Waals surface area contributed by atoms with Gasteiger partial charge in [0.25, 0.3) is 5.56 Å². The van der Waals surface area contributed by atoms with Crippen molar-refractivity contribution in [2.24, 2.45) is 0 Å². The van der Waals surface area contributed by atoms with Gasteiger partial charge in [-0.25, -0.2) is 9.59 Å². The molecule has 1 atom stereocenters. The highest BCUT2D eigenvalue weighted by Crippen LogP contribution is 2.37. The van der Waals surface area contributed by atoms with Crippen LogP contribution in [0.1, 0.15) is 82.5 Å². The summed E-state index contributed by atoms with van der Waals surface area (Å²) in [5.41, 5.74) is 1.08. The molecule has 0 saturated heterocycles. The van der Waals surface area contributed by atoms with Gasteiger partial charge in [0.05, 0.1) is 37.0 Å². The molecule has 4 rings (SSSR count). The highest BCUT2D eigenvalue weighted by molar-refractivity contribution is 6.03. The van der Waals surface area contributed by atoms with E-state index in [1.54, 1.807) is 57.2 Å². The van der Waals surface area contributed by atoms with Crippen LogP contribution < -0.4 is 10.9 Å². The summed E-state index contributed by atoms with van der Waals surface area (Å²) >= 11 is 0. The van der Waals surface area contributed by atoms with E-state index in [9.17, 15) is 37.8 Å². The number of hydrogen-bond donors (Lipinski definition) is 3. The first-order valence-electron chi connectivity index (χ1n) is 16.6. The molecule has 280 valence electrons. The zero-order valence-corrected chi connectivity index (χ0v) is 30.5. The number of carbonyl (C=O) groups is 2. The lowest BCUT2D eigenvalue weighted by atomic mass is 10.00. The van der Waals surface area contributed by atoms with Crippen molar-refractivity contribution >= 4 is 28.5 Å². The predicted molar refractivity (Wildman–Crippen MR) is 196 cm³/mol. The first-order chi connectivity index (χ1) is 24.5. The minimum absolute atomic E-state index is 0.0199. The van der Waals surface area contributed by atoms with E-state index in [1.807, 2.05) is 13.8 Å². The van der Waals surface area contributed by atoms with Crippen LogP contribution in [-0.4, -0.2) is 44.9 Å².